The molecule has 0 amide bonds. The van der Waals surface area contributed by atoms with Crippen LogP contribution in [0.25, 0.3) is 0 Å². The third kappa shape index (κ3) is 2.25. The first kappa shape index (κ1) is 11.9. The van der Waals surface area contributed by atoms with Gasteiger partial charge in [-0.2, -0.15) is 5.10 Å². The van der Waals surface area contributed by atoms with Crippen molar-refractivity contribution in [2.45, 2.75) is 51.0 Å². The second-order valence-corrected chi connectivity index (χ2v) is 5.65. The Morgan fingerprint density at radius 3 is 2.62 bits per heavy atom. The number of aromatic nitrogens is 2. The van der Waals surface area contributed by atoms with Gasteiger partial charge in [-0.1, -0.05) is 25.4 Å². The summed E-state index contributed by atoms with van der Waals surface area (Å²) >= 11 is 6.17. The summed E-state index contributed by atoms with van der Waals surface area (Å²) in [5, 5.41) is 4.94. The lowest BCUT2D eigenvalue weighted by molar-refractivity contribution is 0.600. The van der Waals surface area contributed by atoms with Gasteiger partial charge in [0.15, 0.2) is 5.15 Å². The van der Waals surface area contributed by atoms with E-state index in [9.17, 15) is 0 Å². The van der Waals surface area contributed by atoms with Gasteiger partial charge in [0.2, 0.25) is 0 Å². The molecule has 0 spiro atoms. The molecule has 1 aliphatic rings. The summed E-state index contributed by atoms with van der Waals surface area (Å²) in [7, 11) is 1.96. The van der Waals surface area contributed by atoms with E-state index in [0.717, 1.165) is 25.7 Å². The molecule has 2 rings (SSSR count). The SMILES string of the molecule is CC(C)c1c(CCC2(N)CC2)c(Cl)nn1C. The van der Waals surface area contributed by atoms with Crippen molar-refractivity contribution in [3.05, 3.63) is 16.4 Å². The summed E-state index contributed by atoms with van der Waals surface area (Å²) in [4.78, 5) is 0. The molecule has 16 heavy (non-hydrogen) atoms. The predicted molar refractivity (Wildman–Crippen MR) is 66.8 cm³/mol. The molecule has 90 valence electrons. The second-order valence-electron chi connectivity index (χ2n) is 5.30. The Morgan fingerprint density at radius 2 is 2.12 bits per heavy atom. The minimum Gasteiger partial charge on any atom is -0.325 e. The maximum absolute atomic E-state index is 6.17. The topological polar surface area (TPSA) is 43.8 Å². The molecule has 0 unspecified atom stereocenters. The van der Waals surface area contributed by atoms with Crippen LogP contribution in [-0.2, 0) is 13.5 Å². The Hall–Kier alpha value is -0.540. The van der Waals surface area contributed by atoms with Crippen molar-refractivity contribution in [2.75, 3.05) is 0 Å². The zero-order valence-electron chi connectivity index (χ0n) is 10.3. The van der Waals surface area contributed by atoms with Crippen LogP contribution in [0.2, 0.25) is 5.15 Å². The predicted octanol–water partition coefficient (Wildman–Crippen LogP) is 2.62. The highest BCUT2D eigenvalue weighted by Crippen LogP contribution is 2.38. The standard InChI is InChI=1S/C12H20ClN3/c1-8(2)10-9(11(13)15-16(10)3)4-5-12(14)6-7-12/h8H,4-7,14H2,1-3H3. The Labute approximate surface area is 102 Å². The molecule has 1 aromatic heterocycles. The average molecular weight is 242 g/mol. The Kier molecular flexibility index (Phi) is 3.01. The molecule has 0 aliphatic heterocycles. The lowest BCUT2D eigenvalue weighted by Crippen LogP contribution is -2.22. The number of aryl methyl sites for hydroxylation is 1. The van der Waals surface area contributed by atoms with Gasteiger partial charge in [-0.05, 0) is 31.6 Å². The summed E-state index contributed by atoms with van der Waals surface area (Å²) in [6.07, 6.45) is 4.29. The van der Waals surface area contributed by atoms with Crippen LogP contribution in [-0.4, -0.2) is 15.3 Å². The number of hydrogen-bond donors (Lipinski definition) is 1. The van der Waals surface area contributed by atoms with Gasteiger partial charge in [0, 0.05) is 23.8 Å². The lowest BCUT2D eigenvalue weighted by Gasteiger charge is -2.12. The first-order valence-corrected chi connectivity index (χ1v) is 6.31. The summed E-state index contributed by atoms with van der Waals surface area (Å²) in [5.74, 6) is 0.452. The molecule has 1 aromatic rings. The Morgan fingerprint density at radius 1 is 1.50 bits per heavy atom. The third-order valence-corrected chi connectivity index (χ3v) is 3.76. The van der Waals surface area contributed by atoms with Crippen molar-refractivity contribution in [3.63, 3.8) is 0 Å². The van der Waals surface area contributed by atoms with E-state index in [1.807, 2.05) is 11.7 Å². The molecule has 0 radical (unpaired) electrons. The summed E-state index contributed by atoms with van der Waals surface area (Å²) in [6, 6.07) is 0. The average Bonchev–Trinajstić information content (AvgIpc) is 2.82. The van der Waals surface area contributed by atoms with E-state index in [1.54, 1.807) is 0 Å². The fourth-order valence-corrected chi connectivity index (χ4v) is 2.59. The molecular formula is C12H20ClN3. The molecule has 3 nitrogen and oxygen atoms in total. The highest BCUT2D eigenvalue weighted by molar-refractivity contribution is 6.30. The third-order valence-electron chi connectivity index (χ3n) is 3.46. The monoisotopic (exact) mass is 241 g/mol. The molecule has 1 aliphatic carbocycles. The maximum Gasteiger partial charge on any atom is 0.154 e. The van der Waals surface area contributed by atoms with Gasteiger partial charge in [-0.3, -0.25) is 4.68 Å². The van der Waals surface area contributed by atoms with Crippen molar-refractivity contribution in [1.29, 1.82) is 0 Å². The largest absolute Gasteiger partial charge is 0.325 e. The molecule has 1 heterocycles. The first-order chi connectivity index (χ1) is 7.43. The summed E-state index contributed by atoms with van der Waals surface area (Å²) in [6.45, 7) is 4.35. The van der Waals surface area contributed by atoms with E-state index in [-0.39, 0.29) is 5.54 Å². The van der Waals surface area contributed by atoms with Gasteiger partial charge in [0.05, 0.1) is 0 Å². The van der Waals surface area contributed by atoms with Crippen LogP contribution in [0.3, 0.4) is 0 Å². The van der Waals surface area contributed by atoms with E-state index in [0.29, 0.717) is 11.1 Å². The van der Waals surface area contributed by atoms with E-state index in [2.05, 4.69) is 18.9 Å². The zero-order chi connectivity index (χ0) is 11.9. The van der Waals surface area contributed by atoms with Crippen LogP contribution in [0, 0.1) is 0 Å². The number of rotatable bonds is 4. The molecule has 1 saturated carbocycles. The number of nitrogens with zero attached hydrogens (tertiary/aromatic N) is 2. The maximum atomic E-state index is 6.17. The quantitative estimate of drug-likeness (QED) is 0.881. The lowest BCUT2D eigenvalue weighted by atomic mass is 9.99. The Balaban J connectivity index is 2.18. The summed E-state index contributed by atoms with van der Waals surface area (Å²) < 4.78 is 1.90. The van der Waals surface area contributed by atoms with Crippen molar-refractivity contribution < 1.29 is 0 Å². The van der Waals surface area contributed by atoms with E-state index < -0.39 is 0 Å². The van der Waals surface area contributed by atoms with Gasteiger partial charge in [-0.25, -0.2) is 0 Å². The highest BCUT2D eigenvalue weighted by atomic mass is 35.5. The normalized spacial score (nSPS) is 18.1. The number of halogens is 1. The minimum absolute atomic E-state index is 0.0907. The molecule has 0 saturated heterocycles. The van der Waals surface area contributed by atoms with Crippen molar-refractivity contribution in [2.24, 2.45) is 12.8 Å². The van der Waals surface area contributed by atoms with Gasteiger partial charge in [-0.15, -0.1) is 0 Å². The smallest absolute Gasteiger partial charge is 0.154 e. The molecule has 1 fully saturated rings. The van der Waals surface area contributed by atoms with Crippen LogP contribution in [0.4, 0.5) is 0 Å². The van der Waals surface area contributed by atoms with Crippen LogP contribution < -0.4 is 5.73 Å². The van der Waals surface area contributed by atoms with Crippen molar-refractivity contribution >= 4 is 11.6 Å². The molecule has 2 N–H and O–H groups in total. The fourth-order valence-electron chi connectivity index (χ4n) is 2.28. The van der Waals surface area contributed by atoms with Crippen molar-refractivity contribution in [1.82, 2.24) is 9.78 Å². The van der Waals surface area contributed by atoms with Gasteiger partial charge in [0.25, 0.3) is 0 Å². The minimum atomic E-state index is 0.0907. The molecule has 0 atom stereocenters. The second kappa shape index (κ2) is 4.04. The van der Waals surface area contributed by atoms with Crippen LogP contribution in [0.15, 0.2) is 0 Å². The molecule has 4 heteroatoms. The van der Waals surface area contributed by atoms with Gasteiger partial charge >= 0.3 is 0 Å². The Bertz CT molecular complexity index is 391. The van der Waals surface area contributed by atoms with Crippen LogP contribution in [0.1, 0.15) is 50.3 Å². The fraction of sp³-hybridized carbons (Fsp3) is 0.750. The zero-order valence-corrected chi connectivity index (χ0v) is 11.0. The first-order valence-electron chi connectivity index (χ1n) is 5.93. The van der Waals surface area contributed by atoms with Crippen LogP contribution in [0.5, 0.6) is 0 Å². The van der Waals surface area contributed by atoms with Crippen molar-refractivity contribution in [3.8, 4) is 0 Å². The molecular weight excluding hydrogens is 222 g/mol. The molecule has 0 aromatic carbocycles. The van der Waals surface area contributed by atoms with E-state index >= 15 is 0 Å². The summed E-state index contributed by atoms with van der Waals surface area (Å²) in [5.41, 5.74) is 8.63. The van der Waals surface area contributed by atoms with Gasteiger partial charge < -0.3 is 5.73 Å². The number of hydrogen-bond acceptors (Lipinski definition) is 2. The highest BCUT2D eigenvalue weighted by Gasteiger charge is 2.37. The van der Waals surface area contributed by atoms with E-state index in [1.165, 1.54) is 11.3 Å². The number of nitrogens with two attached hydrogens (primary N) is 1. The van der Waals surface area contributed by atoms with E-state index in [4.69, 9.17) is 17.3 Å². The van der Waals surface area contributed by atoms with Crippen LogP contribution >= 0.6 is 11.6 Å². The van der Waals surface area contributed by atoms with Gasteiger partial charge in [0.1, 0.15) is 0 Å². The molecule has 0 bridgehead atoms.